The lowest BCUT2D eigenvalue weighted by atomic mass is 10.1. The van der Waals surface area contributed by atoms with Gasteiger partial charge in [0, 0.05) is 0 Å². The van der Waals surface area contributed by atoms with Crippen molar-refractivity contribution >= 4 is 11.2 Å². The van der Waals surface area contributed by atoms with Gasteiger partial charge in [-0.1, -0.05) is 30.3 Å². The van der Waals surface area contributed by atoms with Gasteiger partial charge in [-0.05, 0) is 12.0 Å². The first-order valence-corrected chi connectivity index (χ1v) is 5.78. The molecule has 1 unspecified atom stereocenters. The van der Waals surface area contributed by atoms with Crippen molar-refractivity contribution in [2.45, 2.75) is 12.5 Å². The van der Waals surface area contributed by atoms with Crippen LogP contribution >= 0.6 is 0 Å². The minimum atomic E-state index is -0.165. The molecule has 0 saturated heterocycles. The van der Waals surface area contributed by atoms with E-state index in [4.69, 9.17) is 5.73 Å². The third-order valence-corrected chi connectivity index (χ3v) is 2.83. The summed E-state index contributed by atoms with van der Waals surface area (Å²) in [6, 6.07) is 9.95. The molecule has 0 bridgehead atoms. The fourth-order valence-electron chi connectivity index (χ4n) is 1.92. The molecular weight excluding hydrogens is 226 g/mol. The van der Waals surface area contributed by atoms with Crippen molar-refractivity contribution in [1.29, 1.82) is 0 Å². The molecule has 2 heterocycles. The SMILES string of the molecule is NC(Cc1ccccc1)c1nc2ncncc2[nH]1. The Morgan fingerprint density at radius 1 is 1.22 bits per heavy atom. The van der Waals surface area contributed by atoms with E-state index in [-0.39, 0.29) is 6.04 Å². The van der Waals surface area contributed by atoms with E-state index in [2.05, 4.69) is 32.1 Å². The van der Waals surface area contributed by atoms with Crippen LogP contribution in [0.2, 0.25) is 0 Å². The van der Waals surface area contributed by atoms with Crippen LogP contribution in [0.4, 0.5) is 0 Å². The average molecular weight is 239 g/mol. The number of nitrogens with two attached hydrogens (primary N) is 1. The van der Waals surface area contributed by atoms with E-state index in [1.165, 1.54) is 11.9 Å². The Morgan fingerprint density at radius 3 is 2.83 bits per heavy atom. The van der Waals surface area contributed by atoms with E-state index in [1.807, 2.05) is 18.2 Å². The zero-order valence-electron chi connectivity index (χ0n) is 9.74. The Balaban J connectivity index is 1.86. The number of H-pyrrole nitrogens is 1. The van der Waals surface area contributed by atoms with Crippen molar-refractivity contribution in [3.05, 3.63) is 54.2 Å². The van der Waals surface area contributed by atoms with Gasteiger partial charge in [0.2, 0.25) is 0 Å². The lowest BCUT2D eigenvalue weighted by molar-refractivity contribution is 0.680. The van der Waals surface area contributed by atoms with E-state index < -0.39 is 0 Å². The monoisotopic (exact) mass is 239 g/mol. The summed E-state index contributed by atoms with van der Waals surface area (Å²) < 4.78 is 0. The van der Waals surface area contributed by atoms with Crippen LogP contribution in [0.15, 0.2) is 42.9 Å². The van der Waals surface area contributed by atoms with Gasteiger partial charge in [0.1, 0.15) is 17.7 Å². The van der Waals surface area contributed by atoms with Crippen LogP contribution in [-0.4, -0.2) is 19.9 Å². The summed E-state index contributed by atoms with van der Waals surface area (Å²) in [6.07, 6.45) is 3.93. The number of hydrogen-bond acceptors (Lipinski definition) is 4. The molecule has 0 aliphatic heterocycles. The second-order valence-corrected chi connectivity index (χ2v) is 4.18. The van der Waals surface area contributed by atoms with Crippen LogP contribution < -0.4 is 5.73 Å². The lowest BCUT2D eigenvalue weighted by Crippen LogP contribution is -2.14. The van der Waals surface area contributed by atoms with Gasteiger partial charge in [-0.15, -0.1) is 0 Å². The number of hydrogen-bond donors (Lipinski definition) is 2. The maximum absolute atomic E-state index is 6.15. The van der Waals surface area contributed by atoms with Crippen molar-refractivity contribution in [3.8, 4) is 0 Å². The molecule has 0 radical (unpaired) electrons. The van der Waals surface area contributed by atoms with Crippen molar-refractivity contribution in [3.63, 3.8) is 0 Å². The third-order valence-electron chi connectivity index (χ3n) is 2.83. The predicted octanol–water partition coefficient (Wildman–Crippen LogP) is 1.60. The number of imidazole rings is 1. The largest absolute Gasteiger partial charge is 0.338 e. The molecule has 1 aromatic carbocycles. The Hall–Kier alpha value is -2.27. The summed E-state index contributed by atoms with van der Waals surface area (Å²) in [5, 5.41) is 0. The van der Waals surface area contributed by atoms with Crippen molar-refractivity contribution < 1.29 is 0 Å². The molecule has 0 amide bonds. The summed E-state index contributed by atoms with van der Waals surface area (Å²) in [5.74, 6) is 0.745. The van der Waals surface area contributed by atoms with Crippen molar-refractivity contribution in [2.24, 2.45) is 5.73 Å². The zero-order valence-corrected chi connectivity index (χ0v) is 9.74. The molecule has 3 rings (SSSR count). The third kappa shape index (κ3) is 2.08. The quantitative estimate of drug-likeness (QED) is 0.727. The number of nitrogens with one attached hydrogen (secondary N) is 1. The molecule has 0 spiro atoms. The topological polar surface area (TPSA) is 80.5 Å². The molecule has 0 fully saturated rings. The first kappa shape index (κ1) is 10.9. The first-order chi connectivity index (χ1) is 8.83. The van der Waals surface area contributed by atoms with E-state index in [0.717, 1.165) is 17.8 Å². The normalized spacial score (nSPS) is 12.7. The number of aromatic nitrogens is 4. The van der Waals surface area contributed by atoms with Crippen LogP contribution in [0, 0.1) is 0 Å². The molecule has 18 heavy (non-hydrogen) atoms. The van der Waals surface area contributed by atoms with E-state index >= 15 is 0 Å². The standard InChI is InChI=1S/C13H13N5/c14-10(6-9-4-2-1-3-5-9)12-17-11-7-15-8-16-13(11)18-12/h1-5,7-8,10H,6,14H2,(H,15,16,17,18). The van der Waals surface area contributed by atoms with Crippen LogP contribution in [0.1, 0.15) is 17.4 Å². The van der Waals surface area contributed by atoms with E-state index in [0.29, 0.717) is 5.65 Å². The fraction of sp³-hybridized carbons (Fsp3) is 0.154. The highest BCUT2D eigenvalue weighted by Crippen LogP contribution is 2.15. The molecule has 0 saturated carbocycles. The van der Waals surface area contributed by atoms with E-state index in [9.17, 15) is 0 Å². The van der Waals surface area contributed by atoms with Crippen LogP contribution in [0.25, 0.3) is 11.2 Å². The van der Waals surface area contributed by atoms with Gasteiger partial charge < -0.3 is 10.7 Å². The summed E-state index contributed by atoms with van der Waals surface area (Å²) >= 11 is 0. The number of nitrogens with zero attached hydrogens (tertiary/aromatic N) is 3. The molecule has 0 aliphatic carbocycles. The first-order valence-electron chi connectivity index (χ1n) is 5.78. The average Bonchev–Trinajstić information content (AvgIpc) is 2.84. The number of fused-ring (bicyclic) bond motifs is 1. The number of aromatic amines is 1. The highest BCUT2D eigenvalue weighted by molar-refractivity contribution is 5.68. The Bertz CT molecular complexity index is 614. The highest BCUT2D eigenvalue weighted by atomic mass is 15.0. The smallest absolute Gasteiger partial charge is 0.180 e. The second-order valence-electron chi connectivity index (χ2n) is 4.18. The van der Waals surface area contributed by atoms with Gasteiger partial charge >= 0.3 is 0 Å². The molecule has 1 atom stereocenters. The van der Waals surface area contributed by atoms with Gasteiger partial charge in [0.15, 0.2) is 5.65 Å². The lowest BCUT2D eigenvalue weighted by Gasteiger charge is -2.08. The minimum absolute atomic E-state index is 0.165. The van der Waals surface area contributed by atoms with Crippen LogP contribution in [0.3, 0.4) is 0 Å². The minimum Gasteiger partial charge on any atom is -0.338 e. The van der Waals surface area contributed by atoms with Crippen molar-refractivity contribution in [1.82, 2.24) is 19.9 Å². The molecule has 0 aliphatic rings. The summed E-state index contributed by atoms with van der Waals surface area (Å²) in [5.41, 5.74) is 8.81. The molecule has 5 nitrogen and oxygen atoms in total. The van der Waals surface area contributed by atoms with Crippen LogP contribution in [0.5, 0.6) is 0 Å². The van der Waals surface area contributed by atoms with Gasteiger partial charge in [0.25, 0.3) is 0 Å². The molecule has 5 heteroatoms. The summed E-state index contributed by atoms with van der Waals surface area (Å²) in [4.78, 5) is 15.6. The Kier molecular flexibility index (Phi) is 2.74. The molecular formula is C13H13N5. The van der Waals surface area contributed by atoms with E-state index in [1.54, 1.807) is 6.20 Å². The number of benzene rings is 1. The molecule has 3 N–H and O–H groups in total. The second kappa shape index (κ2) is 4.54. The highest BCUT2D eigenvalue weighted by Gasteiger charge is 2.12. The van der Waals surface area contributed by atoms with Gasteiger partial charge in [-0.2, -0.15) is 0 Å². The van der Waals surface area contributed by atoms with Gasteiger partial charge in [0.05, 0.1) is 12.2 Å². The molecule has 2 aromatic heterocycles. The maximum Gasteiger partial charge on any atom is 0.180 e. The molecule has 90 valence electrons. The predicted molar refractivity (Wildman–Crippen MR) is 68.8 cm³/mol. The Morgan fingerprint density at radius 2 is 2.06 bits per heavy atom. The molecule has 3 aromatic rings. The fourth-order valence-corrected chi connectivity index (χ4v) is 1.92. The van der Waals surface area contributed by atoms with Crippen LogP contribution in [-0.2, 0) is 6.42 Å². The summed E-state index contributed by atoms with van der Waals surface area (Å²) in [6.45, 7) is 0. The zero-order chi connectivity index (χ0) is 12.4. The van der Waals surface area contributed by atoms with Gasteiger partial charge in [-0.3, -0.25) is 0 Å². The number of rotatable bonds is 3. The van der Waals surface area contributed by atoms with Gasteiger partial charge in [-0.25, -0.2) is 15.0 Å². The Labute approximate surface area is 104 Å². The summed E-state index contributed by atoms with van der Waals surface area (Å²) in [7, 11) is 0. The maximum atomic E-state index is 6.15. The van der Waals surface area contributed by atoms with Crippen molar-refractivity contribution in [2.75, 3.05) is 0 Å².